The molecule has 3 rings (SSSR count). The van der Waals surface area contributed by atoms with Crippen molar-refractivity contribution < 1.29 is 9.90 Å². The predicted octanol–water partition coefficient (Wildman–Crippen LogP) is 3.00. The second kappa shape index (κ2) is 7.14. The summed E-state index contributed by atoms with van der Waals surface area (Å²) in [6.45, 7) is 0. The van der Waals surface area contributed by atoms with Crippen molar-refractivity contribution in [1.29, 1.82) is 0 Å². The van der Waals surface area contributed by atoms with Crippen LogP contribution in [0.5, 0.6) is 5.75 Å². The number of aromatic amines is 1. The summed E-state index contributed by atoms with van der Waals surface area (Å²) in [6, 6.07) is 18.1. The van der Waals surface area contributed by atoms with Crippen LogP contribution in [-0.4, -0.2) is 20.9 Å². The number of carbonyl (C=O) groups excluding carboxylic acids is 1. The maximum Gasteiger partial charge on any atom is 0.294 e. The highest BCUT2D eigenvalue weighted by Gasteiger charge is 2.19. The van der Waals surface area contributed by atoms with Crippen molar-refractivity contribution in [2.75, 3.05) is 0 Å². The first-order valence-corrected chi connectivity index (χ1v) is 8.23. The standard InChI is InChI=1S/C18H14N2O3S/c21-15(13-9-5-2-6-10-13)14-16(22)17(23)20-18(19-14)24-11-12-7-3-1-4-8-12/h1-10,22H,11H2,(H,19,20,23). The third-order valence-corrected chi connectivity index (χ3v) is 4.29. The molecule has 0 atom stereocenters. The van der Waals surface area contributed by atoms with E-state index >= 15 is 0 Å². The summed E-state index contributed by atoms with van der Waals surface area (Å²) in [5.41, 5.74) is 0.472. The molecule has 5 nitrogen and oxygen atoms in total. The van der Waals surface area contributed by atoms with Crippen LogP contribution in [0.1, 0.15) is 21.6 Å². The van der Waals surface area contributed by atoms with Crippen LogP contribution in [0.15, 0.2) is 70.6 Å². The SMILES string of the molecule is O=C(c1ccccc1)c1nc(SCc2ccccc2)[nH]c(=O)c1O. The maximum absolute atomic E-state index is 12.5. The van der Waals surface area contributed by atoms with Gasteiger partial charge in [0.25, 0.3) is 5.56 Å². The Bertz CT molecular complexity index is 909. The normalized spacial score (nSPS) is 10.5. The molecule has 0 saturated carbocycles. The number of rotatable bonds is 5. The van der Waals surface area contributed by atoms with Crippen LogP contribution < -0.4 is 5.56 Å². The topological polar surface area (TPSA) is 83.0 Å². The van der Waals surface area contributed by atoms with Gasteiger partial charge in [-0.2, -0.15) is 0 Å². The maximum atomic E-state index is 12.5. The Hall–Kier alpha value is -2.86. The summed E-state index contributed by atoms with van der Waals surface area (Å²) in [4.78, 5) is 31.0. The molecule has 2 aromatic carbocycles. The van der Waals surface area contributed by atoms with Crippen LogP contribution >= 0.6 is 11.8 Å². The molecule has 1 aromatic heterocycles. The second-order valence-electron chi connectivity index (χ2n) is 5.04. The van der Waals surface area contributed by atoms with Gasteiger partial charge < -0.3 is 5.11 Å². The molecule has 2 N–H and O–H groups in total. The van der Waals surface area contributed by atoms with Gasteiger partial charge in [0.15, 0.2) is 10.9 Å². The Morgan fingerprint density at radius 3 is 2.33 bits per heavy atom. The quantitative estimate of drug-likeness (QED) is 0.424. The molecule has 0 aliphatic heterocycles. The van der Waals surface area contributed by atoms with Crippen molar-refractivity contribution >= 4 is 17.5 Å². The Morgan fingerprint density at radius 1 is 1.04 bits per heavy atom. The fourth-order valence-corrected chi connectivity index (χ4v) is 2.94. The molecule has 0 spiro atoms. The first-order valence-electron chi connectivity index (χ1n) is 7.25. The smallest absolute Gasteiger partial charge is 0.294 e. The Labute approximate surface area is 142 Å². The summed E-state index contributed by atoms with van der Waals surface area (Å²) in [7, 11) is 0. The molecule has 24 heavy (non-hydrogen) atoms. The minimum atomic E-state index is -0.722. The van der Waals surface area contributed by atoms with E-state index in [1.807, 2.05) is 30.3 Å². The van der Waals surface area contributed by atoms with Gasteiger partial charge in [-0.15, -0.1) is 0 Å². The molecule has 3 aromatic rings. The number of aromatic nitrogens is 2. The van der Waals surface area contributed by atoms with E-state index in [9.17, 15) is 14.7 Å². The number of nitrogens with one attached hydrogen (secondary N) is 1. The molecule has 1 heterocycles. The zero-order chi connectivity index (χ0) is 16.9. The molecular weight excluding hydrogens is 324 g/mol. The van der Waals surface area contributed by atoms with Crippen molar-refractivity contribution in [3.05, 3.63) is 87.8 Å². The van der Waals surface area contributed by atoms with Crippen molar-refractivity contribution in [3.8, 4) is 5.75 Å². The summed E-state index contributed by atoms with van der Waals surface area (Å²) >= 11 is 1.29. The monoisotopic (exact) mass is 338 g/mol. The van der Waals surface area contributed by atoms with Crippen molar-refractivity contribution in [1.82, 2.24) is 9.97 Å². The zero-order valence-corrected chi connectivity index (χ0v) is 13.4. The van der Waals surface area contributed by atoms with Gasteiger partial charge in [0.1, 0.15) is 0 Å². The Kier molecular flexibility index (Phi) is 4.77. The fraction of sp³-hybridized carbons (Fsp3) is 0.0556. The number of hydrogen-bond acceptors (Lipinski definition) is 5. The van der Waals surface area contributed by atoms with Gasteiger partial charge in [0.2, 0.25) is 11.5 Å². The van der Waals surface area contributed by atoms with E-state index in [0.29, 0.717) is 16.5 Å². The average molecular weight is 338 g/mol. The van der Waals surface area contributed by atoms with Crippen LogP contribution in [0.3, 0.4) is 0 Å². The molecule has 0 aliphatic rings. The van der Waals surface area contributed by atoms with Crippen LogP contribution in [0.4, 0.5) is 0 Å². The lowest BCUT2D eigenvalue weighted by molar-refractivity contribution is 0.103. The van der Waals surface area contributed by atoms with Gasteiger partial charge in [0, 0.05) is 11.3 Å². The molecule has 6 heteroatoms. The number of thioether (sulfide) groups is 1. The number of carbonyl (C=O) groups is 1. The van der Waals surface area contributed by atoms with Crippen molar-refractivity contribution in [2.45, 2.75) is 10.9 Å². The first kappa shape index (κ1) is 16.0. The van der Waals surface area contributed by atoms with Gasteiger partial charge >= 0.3 is 0 Å². The average Bonchev–Trinajstić information content (AvgIpc) is 2.63. The van der Waals surface area contributed by atoms with E-state index in [-0.39, 0.29) is 5.69 Å². The van der Waals surface area contributed by atoms with Gasteiger partial charge in [-0.1, -0.05) is 72.4 Å². The van der Waals surface area contributed by atoms with Gasteiger partial charge in [-0.05, 0) is 5.56 Å². The van der Waals surface area contributed by atoms with E-state index < -0.39 is 17.1 Å². The Morgan fingerprint density at radius 2 is 1.67 bits per heavy atom. The highest BCUT2D eigenvalue weighted by Crippen LogP contribution is 2.21. The predicted molar refractivity (Wildman–Crippen MR) is 92.4 cm³/mol. The van der Waals surface area contributed by atoms with Crippen LogP contribution in [0.2, 0.25) is 0 Å². The fourth-order valence-electron chi connectivity index (χ4n) is 2.13. The van der Waals surface area contributed by atoms with E-state index in [2.05, 4.69) is 9.97 Å². The molecule has 0 amide bonds. The molecule has 0 fully saturated rings. The van der Waals surface area contributed by atoms with E-state index in [1.54, 1.807) is 30.3 Å². The van der Waals surface area contributed by atoms with E-state index in [1.165, 1.54) is 11.8 Å². The minimum absolute atomic E-state index is 0.236. The van der Waals surface area contributed by atoms with E-state index in [4.69, 9.17) is 0 Å². The zero-order valence-electron chi connectivity index (χ0n) is 12.6. The highest BCUT2D eigenvalue weighted by molar-refractivity contribution is 7.98. The van der Waals surface area contributed by atoms with Crippen LogP contribution in [0.25, 0.3) is 0 Å². The minimum Gasteiger partial charge on any atom is -0.501 e. The Balaban J connectivity index is 1.89. The van der Waals surface area contributed by atoms with Crippen LogP contribution in [0, 0.1) is 0 Å². The molecule has 0 unspecified atom stereocenters. The summed E-state index contributed by atoms with van der Waals surface area (Å²) in [5, 5.41) is 10.2. The lowest BCUT2D eigenvalue weighted by atomic mass is 10.1. The molecular formula is C18H14N2O3S. The van der Waals surface area contributed by atoms with Crippen LogP contribution in [-0.2, 0) is 5.75 Å². The third-order valence-electron chi connectivity index (χ3n) is 3.34. The third kappa shape index (κ3) is 3.55. The summed E-state index contributed by atoms with van der Waals surface area (Å²) in [6.07, 6.45) is 0. The van der Waals surface area contributed by atoms with Crippen molar-refractivity contribution in [3.63, 3.8) is 0 Å². The number of aromatic hydroxyl groups is 1. The van der Waals surface area contributed by atoms with Gasteiger partial charge in [0.05, 0.1) is 0 Å². The molecule has 0 radical (unpaired) electrons. The second-order valence-corrected chi connectivity index (χ2v) is 6.00. The first-order chi connectivity index (χ1) is 11.6. The largest absolute Gasteiger partial charge is 0.501 e. The van der Waals surface area contributed by atoms with Gasteiger partial charge in [-0.3, -0.25) is 14.6 Å². The lowest BCUT2D eigenvalue weighted by Crippen LogP contribution is -2.15. The number of ketones is 1. The lowest BCUT2D eigenvalue weighted by Gasteiger charge is -2.06. The highest BCUT2D eigenvalue weighted by atomic mass is 32.2. The number of hydrogen-bond donors (Lipinski definition) is 2. The number of benzene rings is 2. The summed E-state index contributed by atoms with van der Waals surface area (Å²) < 4.78 is 0. The van der Waals surface area contributed by atoms with Crippen molar-refractivity contribution in [2.24, 2.45) is 0 Å². The summed E-state index contributed by atoms with van der Waals surface area (Å²) in [5.74, 6) is -0.554. The number of H-pyrrole nitrogens is 1. The molecule has 0 aliphatic carbocycles. The van der Waals surface area contributed by atoms with Gasteiger partial charge in [-0.25, -0.2) is 4.98 Å². The molecule has 120 valence electrons. The molecule has 0 saturated heterocycles. The molecule has 0 bridgehead atoms. The number of nitrogens with zero attached hydrogens (tertiary/aromatic N) is 1. The van der Waals surface area contributed by atoms with E-state index in [0.717, 1.165) is 5.56 Å².